The van der Waals surface area contributed by atoms with Gasteiger partial charge in [-0.25, -0.2) is 0 Å². The van der Waals surface area contributed by atoms with Gasteiger partial charge in [0.1, 0.15) is 6.17 Å². The Labute approximate surface area is 327 Å². The minimum Gasteiger partial charge on any atom is -0.336 e. The number of hydrogen-bond donors (Lipinski definition) is 2. The molecule has 0 spiro atoms. The first-order chi connectivity index (χ1) is 25.6. The Hall–Kier alpha value is -1.06. The lowest BCUT2D eigenvalue weighted by atomic mass is 10.0. The van der Waals surface area contributed by atoms with Crippen LogP contribution in [0.15, 0.2) is 0 Å². The minimum absolute atomic E-state index is 0.0919. The summed E-state index contributed by atoms with van der Waals surface area (Å²) in [4.78, 5) is 25.1. The molecule has 2 N–H and O–H groups in total. The first-order valence-corrected chi connectivity index (χ1v) is 24.2. The lowest BCUT2D eigenvalue weighted by Gasteiger charge is -2.20. The standard InChI is InChI=1S/C48H96N2O2/c1-4-7-9-11-13-15-17-19-21-23-25-27-29-31-33-35-37-39-41-44-47(51)49-46(43-6-3)50-48(52)45-42-40-38-36-34-32-30-28-26-24-22-20-18-16-14-12-10-8-5-2/h46H,4-45H2,1-3H3,(H,49,51)(H,50,52). The zero-order chi connectivity index (χ0) is 37.8. The molecule has 0 heterocycles. The first-order valence-electron chi connectivity index (χ1n) is 24.2. The van der Waals surface area contributed by atoms with E-state index in [0.29, 0.717) is 12.8 Å². The molecule has 0 fully saturated rings. The molecule has 0 bridgehead atoms. The van der Waals surface area contributed by atoms with Crippen LogP contribution in [0.4, 0.5) is 0 Å². The molecule has 0 rings (SSSR count). The summed E-state index contributed by atoms with van der Waals surface area (Å²) in [7, 11) is 0. The molecule has 0 aromatic rings. The van der Waals surface area contributed by atoms with Crippen LogP contribution in [-0.4, -0.2) is 18.0 Å². The van der Waals surface area contributed by atoms with Crippen molar-refractivity contribution in [1.29, 1.82) is 0 Å². The fraction of sp³-hybridized carbons (Fsp3) is 0.958. The number of carbonyl (C=O) groups excluding carboxylic acids is 2. The van der Waals surface area contributed by atoms with E-state index in [1.54, 1.807) is 0 Å². The van der Waals surface area contributed by atoms with Crippen LogP contribution in [0.1, 0.15) is 290 Å². The van der Waals surface area contributed by atoms with Crippen LogP contribution in [0.2, 0.25) is 0 Å². The van der Waals surface area contributed by atoms with Crippen molar-refractivity contribution in [3.8, 4) is 0 Å². The Kier molecular flexibility index (Phi) is 43.4. The van der Waals surface area contributed by atoms with Crippen molar-refractivity contribution in [2.24, 2.45) is 0 Å². The highest BCUT2D eigenvalue weighted by atomic mass is 16.2. The minimum atomic E-state index is -0.217. The van der Waals surface area contributed by atoms with Gasteiger partial charge in [0.2, 0.25) is 11.8 Å². The van der Waals surface area contributed by atoms with E-state index in [2.05, 4.69) is 31.4 Å². The van der Waals surface area contributed by atoms with Gasteiger partial charge >= 0.3 is 0 Å². The topological polar surface area (TPSA) is 58.2 Å². The average molecular weight is 733 g/mol. The summed E-state index contributed by atoms with van der Waals surface area (Å²) in [5.41, 5.74) is 0. The molecule has 0 unspecified atom stereocenters. The van der Waals surface area contributed by atoms with E-state index in [-0.39, 0.29) is 18.0 Å². The smallest absolute Gasteiger partial charge is 0.221 e. The van der Waals surface area contributed by atoms with Gasteiger partial charge in [-0.1, -0.05) is 258 Å². The van der Waals surface area contributed by atoms with Gasteiger partial charge in [-0.3, -0.25) is 9.59 Å². The van der Waals surface area contributed by atoms with Crippen LogP contribution < -0.4 is 10.6 Å². The highest BCUT2D eigenvalue weighted by Crippen LogP contribution is 2.17. The fourth-order valence-corrected chi connectivity index (χ4v) is 7.73. The Balaban J connectivity index is 3.54. The van der Waals surface area contributed by atoms with E-state index < -0.39 is 0 Å². The third kappa shape index (κ3) is 41.7. The molecular weight excluding hydrogens is 637 g/mol. The van der Waals surface area contributed by atoms with Crippen molar-refractivity contribution in [2.45, 2.75) is 297 Å². The van der Waals surface area contributed by atoms with Gasteiger partial charge in [-0.15, -0.1) is 0 Å². The maximum atomic E-state index is 12.6. The van der Waals surface area contributed by atoms with E-state index >= 15 is 0 Å². The van der Waals surface area contributed by atoms with E-state index in [0.717, 1.165) is 38.5 Å². The SMILES string of the molecule is CCCCCCCCCCCCCCCCCCCCCC(=O)NC(CCC)NC(=O)CCCCCCCCCCCCCCCCCCCCC. The molecule has 4 nitrogen and oxygen atoms in total. The first kappa shape index (κ1) is 50.9. The molecule has 0 aliphatic rings. The Morgan fingerprint density at radius 1 is 0.288 bits per heavy atom. The monoisotopic (exact) mass is 733 g/mol. The summed E-state index contributed by atoms with van der Waals surface area (Å²) >= 11 is 0. The van der Waals surface area contributed by atoms with Gasteiger partial charge in [0.05, 0.1) is 0 Å². The van der Waals surface area contributed by atoms with Crippen molar-refractivity contribution in [2.75, 3.05) is 0 Å². The zero-order valence-corrected chi connectivity index (χ0v) is 36.1. The molecule has 2 amide bonds. The molecule has 0 saturated carbocycles. The number of amides is 2. The van der Waals surface area contributed by atoms with Crippen LogP contribution >= 0.6 is 0 Å². The van der Waals surface area contributed by atoms with Crippen molar-refractivity contribution in [3.05, 3.63) is 0 Å². The second-order valence-corrected chi connectivity index (χ2v) is 16.7. The van der Waals surface area contributed by atoms with Crippen molar-refractivity contribution in [3.63, 3.8) is 0 Å². The molecule has 0 aliphatic heterocycles. The van der Waals surface area contributed by atoms with Gasteiger partial charge < -0.3 is 10.6 Å². The van der Waals surface area contributed by atoms with Crippen LogP contribution in [0.5, 0.6) is 0 Å². The van der Waals surface area contributed by atoms with Gasteiger partial charge in [0.15, 0.2) is 0 Å². The second-order valence-electron chi connectivity index (χ2n) is 16.7. The van der Waals surface area contributed by atoms with E-state index in [9.17, 15) is 9.59 Å². The highest BCUT2D eigenvalue weighted by Gasteiger charge is 2.14. The molecule has 0 radical (unpaired) electrons. The Morgan fingerprint density at radius 3 is 0.673 bits per heavy atom. The Bertz CT molecular complexity index is 654. The average Bonchev–Trinajstić information content (AvgIpc) is 3.13. The summed E-state index contributed by atoms with van der Waals surface area (Å²) in [6.07, 6.45) is 54.4. The number of rotatable bonds is 44. The summed E-state index contributed by atoms with van der Waals surface area (Å²) in [6.45, 7) is 6.70. The molecule has 4 heteroatoms. The van der Waals surface area contributed by atoms with E-state index in [4.69, 9.17) is 0 Å². The third-order valence-corrected chi connectivity index (χ3v) is 11.3. The molecule has 0 atom stereocenters. The summed E-state index contributed by atoms with van der Waals surface area (Å²) in [6, 6.07) is 0. The van der Waals surface area contributed by atoms with Crippen molar-refractivity contribution < 1.29 is 9.59 Å². The zero-order valence-electron chi connectivity index (χ0n) is 36.1. The van der Waals surface area contributed by atoms with Crippen molar-refractivity contribution >= 4 is 11.8 Å². The Morgan fingerprint density at radius 2 is 0.481 bits per heavy atom. The van der Waals surface area contributed by atoms with Crippen LogP contribution in [0, 0.1) is 0 Å². The number of unbranched alkanes of at least 4 members (excludes halogenated alkanes) is 36. The lowest BCUT2D eigenvalue weighted by molar-refractivity contribution is -0.124. The van der Waals surface area contributed by atoms with Gasteiger partial charge in [-0.2, -0.15) is 0 Å². The number of nitrogens with one attached hydrogen (secondary N) is 2. The lowest BCUT2D eigenvalue weighted by Crippen LogP contribution is -2.47. The number of hydrogen-bond acceptors (Lipinski definition) is 2. The predicted molar refractivity (Wildman–Crippen MR) is 231 cm³/mol. The molecule has 0 aromatic carbocycles. The van der Waals surface area contributed by atoms with Crippen LogP contribution in [0.25, 0.3) is 0 Å². The summed E-state index contributed by atoms with van der Waals surface area (Å²) in [5, 5.41) is 6.20. The molecular formula is C48H96N2O2. The quantitative estimate of drug-likeness (QED) is 0.0484. The normalized spacial score (nSPS) is 11.5. The van der Waals surface area contributed by atoms with Crippen molar-refractivity contribution in [1.82, 2.24) is 10.6 Å². The summed E-state index contributed by atoms with van der Waals surface area (Å²) < 4.78 is 0. The molecule has 0 saturated heterocycles. The van der Waals surface area contributed by atoms with Gasteiger partial charge in [0.25, 0.3) is 0 Å². The predicted octanol–water partition coefficient (Wildman–Crippen LogP) is 16.0. The van der Waals surface area contributed by atoms with Gasteiger partial charge in [-0.05, 0) is 19.3 Å². The maximum Gasteiger partial charge on any atom is 0.221 e. The molecule has 0 aromatic heterocycles. The van der Waals surface area contributed by atoms with E-state index in [1.807, 2.05) is 0 Å². The number of carbonyl (C=O) groups is 2. The van der Waals surface area contributed by atoms with Crippen LogP contribution in [0.3, 0.4) is 0 Å². The molecule has 0 aliphatic carbocycles. The third-order valence-electron chi connectivity index (χ3n) is 11.3. The van der Waals surface area contributed by atoms with E-state index in [1.165, 1.54) is 218 Å². The second kappa shape index (κ2) is 44.3. The highest BCUT2D eigenvalue weighted by molar-refractivity contribution is 5.79. The largest absolute Gasteiger partial charge is 0.336 e. The maximum absolute atomic E-state index is 12.6. The molecule has 310 valence electrons. The molecule has 52 heavy (non-hydrogen) atoms. The fourth-order valence-electron chi connectivity index (χ4n) is 7.73. The van der Waals surface area contributed by atoms with Crippen LogP contribution in [-0.2, 0) is 9.59 Å². The van der Waals surface area contributed by atoms with Gasteiger partial charge in [0, 0.05) is 12.8 Å². The summed E-state index contributed by atoms with van der Waals surface area (Å²) in [5.74, 6) is 0.184.